The first-order chi connectivity index (χ1) is 11.5. The second-order valence-corrected chi connectivity index (χ2v) is 6.89. The number of aliphatic imine (C=N–C) groups is 1. The van der Waals surface area contributed by atoms with Crippen LogP contribution in [0.2, 0.25) is 0 Å². The molecule has 1 aromatic rings. The molecule has 0 spiro atoms. The number of ether oxygens (including phenoxy) is 2. The van der Waals surface area contributed by atoms with Crippen LogP contribution in [-0.4, -0.2) is 38.3 Å². The minimum absolute atomic E-state index is 0.0896. The monoisotopic (exact) mass is 333 g/mol. The summed E-state index contributed by atoms with van der Waals surface area (Å²) < 4.78 is 11.3. The first-order valence-electron chi connectivity index (χ1n) is 8.91. The summed E-state index contributed by atoms with van der Waals surface area (Å²) in [6.45, 7) is 13.6. The first kappa shape index (κ1) is 18.4. The van der Waals surface area contributed by atoms with Crippen LogP contribution in [0.4, 0.5) is 0 Å². The molecule has 1 aliphatic heterocycles. The lowest BCUT2D eigenvalue weighted by Gasteiger charge is -2.27. The fourth-order valence-corrected chi connectivity index (χ4v) is 2.49. The van der Waals surface area contributed by atoms with E-state index >= 15 is 0 Å². The van der Waals surface area contributed by atoms with Crippen LogP contribution in [0.25, 0.3) is 0 Å². The van der Waals surface area contributed by atoms with E-state index in [1.807, 2.05) is 6.07 Å². The molecule has 5 heteroatoms. The van der Waals surface area contributed by atoms with Crippen molar-refractivity contribution in [3.63, 3.8) is 0 Å². The van der Waals surface area contributed by atoms with Gasteiger partial charge in [-0.15, -0.1) is 0 Å². The van der Waals surface area contributed by atoms with Gasteiger partial charge in [-0.3, -0.25) is 4.99 Å². The van der Waals surface area contributed by atoms with Gasteiger partial charge in [0, 0.05) is 18.0 Å². The number of hydrogen-bond acceptors (Lipinski definition) is 3. The van der Waals surface area contributed by atoms with Crippen molar-refractivity contribution in [1.82, 2.24) is 10.6 Å². The number of guanidine groups is 1. The second-order valence-electron chi connectivity index (χ2n) is 6.89. The zero-order valence-corrected chi connectivity index (χ0v) is 15.6. The smallest absolute Gasteiger partial charge is 0.191 e. The van der Waals surface area contributed by atoms with Crippen LogP contribution >= 0.6 is 0 Å². The molecule has 0 radical (unpaired) electrons. The number of hydrogen-bond donors (Lipinski definition) is 2. The average molecular weight is 333 g/mol. The molecule has 5 nitrogen and oxygen atoms in total. The molecular formula is C19H31N3O2. The van der Waals surface area contributed by atoms with Gasteiger partial charge in [-0.2, -0.15) is 0 Å². The Labute approximate surface area is 145 Å². The lowest BCUT2D eigenvalue weighted by Crippen LogP contribution is -2.42. The molecular weight excluding hydrogens is 302 g/mol. The number of benzene rings is 1. The minimum atomic E-state index is -0.0896. The molecule has 1 aromatic carbocycles. The van der Waals surface area contributed by atoms with Crippen LogP contribution in [0.5, 0.6) is 11.5 Å². The summed E-state index contributed by atoms with van der Waals surface area (Å²) in [5, 5.41) is 6.75. The molecule has 0 saturated carbocycles. The molecule has 1 unspecified atom stereocenters. The van der Waals surface area contributed by atoms with Gasteiger partial charge < -0.3 is 20.1 Å². The van der Waals surface area contributed by atoms with Gasteiger partial charge in [0.1, 0.15) is 13.2 Å². The molecule has 0 fully saturated rings. The van der Waals surface area contributed by atoms with E-state index in [0.717, 1.165) is 30.4 Å². The first-order valence-corrected chi connectivity index (χ1v) is 8.91. The highest BCUT2D eigenvalue weighted by Gasteiger charge is 2.23. The van der Waals surface area contributed by atoms with Crippen molar-refractivity contribution in [2.75, 3.05) is 26.3 Å². The Kier molecular flexibility index (Phi) is 6.35. The van der Waals surface area contributed by atoms with Crippen LogP contribution in [0.15, 0.2) is 23.2 Å². The van der Waals surface area contributed by atoms with Crippen molar-refractivity contribution in [2.45, 2.75) is 52.5 Å². The molecule has 0 aliphatic carbocycles. The normalized spacial score (nSPS) is 15.8. The van der Waals surface area contributed by atoms with E-state index in [1.54, 1.807) is 0 Å². The highest BCUT2D eigenvalue weighted by atomic mass is 16.6. The molecule has 1 atom stereocenters. The summed E-state index contributed by atoms with van der Waals surface area (Å²) in [5.74, 6) is 2.54. The third-order valence-electron chi connectivity index (χ3n) is 4.30. The number of fused-ring (bicyclic) bond motifs is 1. The molecule has 0 bridgehead atoms. The van der Waals surface area contributed by atoms with Crippen molar-refractivity contribution in [2.24, 2.45) is 4.99 Å². The van der Waals surface area contributed by atoms with Crippen molar-refractivity contribution in [1.29, 1.82) is 0 Å². The SMILES string of the molecule is CCNC(=NCC(C)(C)c1ccc2c(c1)OCCO2)NC(C)CC. The number of nitrogens with zero attached hydrogens (tertiary/aromatic N) is 1. The second kappa shape index (κ2) is 8.27. The maximum atomic E-state index is 5.71. The maximum absolute atomic E-state index is 5.71. The van der Waals surface area contributed by atoms with Crippen molar-refractivity contribution in [3.05, 3.63) is 23.8 Å². The van der Waals surface area contributed by atoms with Crippen molar-refractivity contribution >= 4 is 5.96 Å². The summed E-state index contributed by atoms with van der Waals surface area (Å²) in [4.78, 5) is 4.78. The standard InChI is InChI=1S/C19H31N3O2/c1-6-14(3)22-18(20-7-2)21-13-19(4,5)15-8-9-16-17(12-15)24-11-10-23-16/h8-9,12,14H,6-7,10-11,13H2,1-5H3,(H2,20,21,22). The van der Waals surface area contributed by atoms with Gasteiger partial charge in [0.2, 0.25) is 0 Å². The van der Waals surface area contributed by atoms with Gasteiger partial charge in [-0.1, -0.05) is 26.8 Å². The lowest BCUT2D eigenvalue weighted by atomic mass is 9.84. The molecule has 2 rings (SSSR count). The molecule has 2 N–H and O–H groups in total. The predicted molar refractivity (Wildman–Crippen MR) is 99.3 cm³/mol. The molecule has 0 amide bonds. The van der Waals surface area contributed by atoms with E-state index in [-0.39, 0.29) is 5.41 Å². The Bertz CT molecular complexity index is 570. The Hall–Kier alpha value is -1.91. The van der Waals surface area contributed by atoms with E-state index in [4.69, 9.17) is 14.5 Å². The molecule has 24 heavy (non-hydrogen) atoms. The van der Waals surface area contributed by atoms with E-state index in [1.165, 1.54) is 5.56 Å². The summed E-state index contributed by atoms with van der Waals surface area (Å²) in [6.07, 6.45) is 1.07. The lowest BCUT2D eigenvalue weighted by molar-refractivity contribution is 0.171. The van der Waals surface area contributed by atoms with Gasteiger partial charge in [0.15, 0.2) is 17.5 Å². The van der Waals surface area contributed by atoms with Crippen molar-refractivity contribution in [3.8, 4) is 11.5 Å². The van der Waals surface area contributed by atoms with Crippen LogP contribution in [0.1, 0.15) is 46.6 Å². The highest BCUT2D eigenvalue weighted by molar-refractivity contribution is 5.80. The minimum Gasteiger partial charge on any atom is -0.486 e. The Morgan fingerprint density at radius 2 is 1.92 bits per heavy atom. The van der Waals surface area contributed by atoms with E-state index in [9.17, 15) is 0 Å². The van der Waals surface area contributed by atoms with Gasteiger partial charge in [0.25, 0.3) is 0 Å². The zero-order valence-electron chi connectivity index (χ0n) is 15.6. The molecule has 1 aliphatic rings. The highest BCUT2D eigenvalue weighted by Crippen LogP contribution is 2.35. The van der Waals surface area contributed by atoms with Gasteiger partial charge >= 0.3 is 0 Å². The fourth-order valence-electron chi connectivity index (χ4n) is 2.49. The van der Waals surface area contributed by atoms with Crippen LogP contribution in [0, 0.1) is 0 Å². The molecule has 134 valence electrons. The van der Waals surface area contributed by atoms with Crippen LogP contribution in [-0.2, 0) is 5.41 Å². The summed E-state index contributed by atoms with van der Waals surface area (Å²) in [7, 11) is 0. The largest absolute Gasteiger partial charge is 0.486 e. The third kappa shape index (κ3) is 4.79. The number of rotatable bonds is 6. The molecule has 0 aromatic heterocycles. The van der Waals surface area contributed by atoms with Crippen LogP contribution in [0.3, 0.4) is 0 Å². The van der Waals surface area contributed by atoms with Gasteiger partial charge in [0.05, 0.1) is 6.54 Å². The van der Waals surface area contributed by atoms with Gasteiger partial charge in [-0.05, 0) is 38.0 Å². The van der Waals surface area contributed by atoms with Crippen LogP contribution < -0.4 is 20.1 Å². The van der Waals surface area contributed by atoms with E-state index in [0.29, 0.717) is 25.8 Å². The summed E-state index contributed by atoms with van der Waals surface area (Å²) in [5.41, 5.74) is 1.11. The Morgan fingerprint density at radius 3 is 2.58 bits per heavy atom. The maximum Gasteiger partial charge on any atom is 0.191 e. The number of nitrogens with one attached hydrogen (secondary N) is 2. The third-order valence-corrected chi connectivity index (χ3v) is 4.30. The Morgan fingerprint density at radius 1 is 1.21 bits per heavy atom. The molecule has 1 heterocycles. The predicted octanol–water partition coefficient (Wildman–Crippen LogP) is 3.09. The van der Waals surface area contributed by atoms with E-state index < -0.39 is 0 Å². The quantitative estimate of drug-likeness (QED) is 0.620. The zero-order chi connectivity index (χ0) is 17.6. The summed E-state index contributed by atoms with van der Waals surface area (Å²) in [6, 6.07) is 6.59. The average Bonchev–Trinajstić information content (AvgIpc) is 2.59. The summed E-state index contributed by atoms with van der Waals surface area (Å²) >= 11 is 0. The van der Waals surface area contributed by atoms with Gasteiger partial charge in [-0.25, -0.2) is 0 Å². The van der Waals surface area contributed by atoms with E-state index in [2.05, 4.69) is 57.4 Å². The molecule has 0 saturated heterocycles. The fraction of sp³-hybridized carbons (Fsp3) is 0.632. The Balaban J connectivity index is 2.12. The van der Waals surface area contributed by atoms with Crippen molar-refractivity contribution < 1.29 is 9.47 Å². The topological polar surface area (TPSA) is 54.9 Å².